The molecule has 1 spiro atoms. The summed E-state index contributed by atoms with van der Waals surface area (Å²) >= 11 is 0. The summed E-state index contributed by atoms with van der Waals surface area (Å²) in [6.07, 6.45) is 4.52. The number of carboxylic acid groups (broad SMARTS) is 1. The van der Waals surface area contributed by atoms with Gasteiger partial charge in [0.15, 0.2) is 5.69 Å². The van der Waals surface area contributed by atoms with E-state index in [9.17, 15) is 9.59 Å². The first-order valence-electron chi connectivity index (χ1n) is 8.06. The van der Waals surface area contributed by atoms with Crippen LogP contribution in [0.15, 0.2) is 30.5 Å². The van der Waals surface area contributed by atoms with E-state index in [-0.39, 0.29) is 11.1 Å². The number of benzene rings is 1. The van der Waals surface area contributed by atoms with E-state index in [1.165, 1.54) is 10.9 Å². The van der Waals surface area contributed by atoms with Crippen LogP contribution in [0.1, 0.15) is 40.9 Å². The minimum atomic E-state index is -1.08. The molecule has 2 fully saturated rings. The highest BCUT2D eigenvalue weighted by molar-refractivity contribution is 5.87. The third-order valence-corrected chi connectivity index (χ3v) is 4.95. The summed E-state index contributed by atoms with van der Waals surface area (Å²) in [5, 5.41) is 16.3. The maximum Gasteiger partial charge on any atom is 0.358 e. The van der Waals surface area contributed by atoms with Crippen LogP contribution in [0.3, 0.4) is 0 Å². The lowest BCUT2D eigenvalue weighted by molar-refractivity contribution is -0.132. The number of aromatic carboxylic acids is 1. The van der Waals surface area contributed by atoms with Crippen LogP contribution in [0.5, 0.6) is 0 Å². The average Bonchev–Trinajstić information content (AvgIpc) is 3.11. The monoisotopic (exact) mass is 326 g/mol. The van der Waals surface area contributed by atoms with E-state index in [2.05, 4.69) is 10.3 Å². The second kappa shape index (κ2) is 5.43. The zero-order chi connectivity index (χ0) is 16.7. The molecule has 1 amide bonds. The van der Waals surface area contributed by atoms with Crippen molar-refractivity contribution in [2.75, 3.05) is 6.54 Å². The van der Waals surface area contributed by atoms with Crippen LogP contribution >= 0.6 is 0 Å². The predicted octanol–water partition coefficient (Wildman–Crippen LogP) is 1.54. The van der Waals surface area contributed by atoms with Gasteiger partial charge in [0.25, 0.3) is 0 Å². The number of rotatable bonds is 5. The lowest BCUT2D eigenvalue weighted by Gasteiger charge is -2.16. The molecule has 7 nitrogen and oxygen atoms in total. The highest BCUT2D eigenvalue weighted by atomic mass is 16.4. The maximum atomic E-state index is 12.3. The molecular formula is C17H18N4O3. The summed E-state index contributed by atoms with van der Waals surface area (Å²) in [6, 6.07) is 7.97. The predicted molar refractivity (Wildman–Crippen MR) is 84.2 cm³/mol. The van der Waals surface area contributed by atoms with Gasteiger partial charge in [0.2, 0.25) is 5.91 Å². The van der Waals surface area contributed by atoms with Crippen LogP contribution in [0.4, 0.5) is 0 Å². The largest absolute Gasteiger partial charge is 0.476 e. The lowest BCUT2D eigenvalue weighted by Crippen LogP contribution is -2.27. The van der Waals surface area contributed by atoms with Crippen LogP contribution in [0.2, 0.25) is 0 Å². The van der Waals surface area contributed by atoms with Crippen molar-refractivity contribution in [2.45, 2.75) is 32.4 Å². The first-order chi connectivity index (χ1) is 11.6. The van der Waals surface area contributed by atoms with Gasteiger partial charge in [-0.05, 0) is 30.4 Å². The zero-order valence-electron chi connectivity index (χ0n) is 13.2. The molecule has 1 aliphatic carbocycles. The SMILES string of the molecule is O=C(O)c1cn(Cc2ccc(CN3CCC4(CC4)C3=O)cc2)nn1. The van der Waals surface area contributed by atoms with Gasteiger partial charge in [-0.15, -0.1) is 5.10 Å². The van der Waals surface area contributed by atoms with Gasteiger partial charge >= 0.3 is 5.97 Å². The van der Waals surface area contributed by atoms with E-state index >= 15 is 0 Å². The molecule has 4 rings (SSSR count). The molecule has 0 radical (unpaired) electrons. The van der Waals surface area contributed by atoms with E-state index in [0.29, 0.717) is 19.0 Å². The van der Waals surface area contributed by atoms with E-state index in [1.54, 1.807) is 0 Å². The van der Waals surface area contributed by atoms with Crippen molar-refractivity contribution < 1.29 is 14.7 Å². The fourth-order valence-corrected chi connectivity index (χ4v) is 3.29. The number of carbonyl (C=O) groups is 2. The Morgan fingerprint density at radius 1 is 1.12 bits per heavy atom. The fraction of sp³-hybridized carbons (Fsp3) is 0.412. The molecule has 2 aromatic rings. The third-order valence-electron chi connectivity index (χ3n) is 4.95. The lowest BCUT2D eigenvalue weighted by atomic mass is 10.1. The van der Waals surface area contributed by atoms with Crippen molar-refractivity contribution >= 4 is 11.9 Å². The van der Waals surface area contributed by atoms with E-state index in [0.717, 1.165) is 36.9 Å². The van der Waals surface area contributed by atoms with Crippen LogP contribution in [-0.2, 0) is 17.9 Å². The molecule has 1 N–H and O–H groups in total. The van der Waals surface area contributed by atoms with Crippen molar-refractivity contribution in [3.8, 4) is 0 Å². The quantitative estimate of drug-likeness (QED) is 0.900. The van der Waals surface area contributed by atoms with Crippen LogP contribution < -0.4 is 0 Å². The van der Waals surface area contributed by atoms with Crippen molar-refractivity contribution in [3.63, 3.8) is 0 Å². The van der Waals surface area contributed by atoms with Gasteiger partial charge in [-0.2, -0.15) is 0 Å². The number of carbonyl (C=O) groups excluding carboxylic acids is 1. The molecule has 0 atom stereocenters. The molecule has 1 aromatic carbocycles. The summed E-state index contributed by atoms with van der Waals surface area (Å²) in [5.74, 6) is -0.768. The molecule has 1 saturated carbocycles. The summed E-state index contributed by atoms with van der Waals surface area (Å²) in [6.45, 7) is 1.98. The number of carboxylic acids is 1. The van der Waals surface area contributed by atoms with Crippen molar-refractivity contribution in [3.05, 3.63) is 47.3 Å². The van der Waals surface area contributed by atoms with Gasteiger partial charge in [0.05, 0.1) is 18.2 Å². The summed E-state index contributed by atoms with van der Waals surface area (Å²) < 4.78 is 1.50. The number of nitrogens with zero attached hydrogens (tertiary/aromatic N) is 4. The number of aromatic nitrogens is 3. The van der Waals surface area contributed by atoms with E-state index in [4.69, 9.17) is 5.11 Å². The first kappa shape index (κ1) is 14.9. The fourth-order valence-electron chi connectivity index (χ4n) is 3.29. The Kier molecular flexibility index (Phi) is 3.37. The highest BCUT2D eigenvalue weighted by Crippen LogP contribution is 2.53. The molecule has 2 aliphatic rings. The number of amides is 1. The molecule has 1 aliphatic heterocycles. The molecule has 0 bridgehead atoms. The average molecular weight is 326 g/mol. The van der Waals surface area contributed by atoms with E-state index < -0.39 is 5.97 Å². The zero-order valence-corrected chi connectivity index (χ0v) is 13.2. The van der Waals surface area contributed by atoms with Crippen molar-refractivity contribution in [2.24, 2.45) is 5.41 Å². The normalized spacial score (nSPS) is 18.3. The van der Waals surface area contributed by atoms with Gasteiger partial charge in [0, 0.05) is 13.1 Å². The summed E-state index contributed by atoms with van der Waals surface area (Å²) in [5.41, 5.74) is 2.05. The topological polar surface area (TPSA) is 88.3 Å². The molecule has 1 aromatic heterocycles. The standard InChI is InChI=1S/C17H18N4O3/c22-15(23)14-11-21(19-18-14)10-13-3-1-12(2-4-13)9-20-8-7-17(5-6-17)16(20)24/h1-4,11H,5-10H2,(H,22,23). The van der Waals surface area contributed by atoms with Crippen LogP contribution in [0.25, 0.3) is 0 Å². The summed E-state index contributed by atoms with van der Waals surface area (Å²) in [4.78, 5) is 25.1. The van der Waals surface area contributed by atoms with Gasteiger partial charge < -0.3 is 10.0 Å². The Hall–Kier alpha value is -2.70. The Morgan fingerprint density at radius 2 is 1.79 bits per heavy atom. The highest BCUT2D eigenvalue weighted by Gasteiger charge is 2.55. The number of hydrogen-bond donors (Lipinski definition) is 1. The van der Waals surface area contributed by atoms with Gasteiger partial charge in [-0.25, -0.2) is 9.48 Å². The third kappa shape index (κ3) is 2.66. The minimum absolute atomic E-state index is 0.00508. The van der Waals surface area contributed by atoms with Crippen molar-refractivity contribution in [1.29, 1.82) is 0 Å². The minimum Gasteiger partial charge on any atom is -0.476 e. The Labute approximate surface area is 138 Å². The number of hydrogen-bond acceptors (Lipinski definition) is 4. The first-order valence-corrected chi connectivity index (χ1v) is 8.06. The van der Waals surface area contributed by atoms with Crippen molar-refractivity contribution in [1.82, 2.24) is 19.9 Å². The Balaban J connectivity index is 1.39. The second-order valence-corrected chi connectivity index (χ2v) is 6.68. The van der Waals surface area contributed by atoms with Crippen LogP contribution in [-0.4, -0.2) is 43.4 Å². The second-order valence-electron chi connectivity index (χ2n) is 6.68. The molecule has 1 saturated heterocycles. The van der Waals surface area contributed by atoms with E-state index in [1.807, 2.05) is 29.2 Å². The molecule has 7 heteroatoms. The van der Waals surface area contributed by atoms with Gasteiger partial charge in [-0.1, -0.05) is 29.5 Å². The maximum absolute atomic E-state index is 12.3. The van der Waals surface area contributed by atoms with Gasteiger partial charge in [-0.3, -0.25) is 4.79 Å². The molecular weight excluding hydrogens is 308 g/mol. The molecule has 124 valence electrons. The van der Waals surface area contributed by atoms with Gasteiger partial charge in [0.1, 0.15) is 0 Å². The molecule has 0 unspecified atom stereocenters. The van der Waals surface area contributed by atoms with Crippen LogP contribution in [0, 0.1) is 5.41 Å². The smallest absolute Gasteiger partial charge is 0.358 e. The Bertz CT molecular complexity index is 792. The molecule has 24 heavy (non-hydrogen) atoms. The Morgan fingerprint density at radius 3 is 2.33 bits per heavy atom. The number of likely N-dealkylation sites (tertiary alicyclic amines) is 1. The molecule has 2 heterocycles. The summed E-state index contributed by atoms with van der Waals surface area (Å²) in [7, 11) is 0.